The second-order valence-corrected chi connectivity index (χ2v) is 7.32. The van der Waals surface area contributed by atoms with Crippen LogP contribution in [0.15, 0.2) is 6.20 Å². The van der Waals surface area contributed by atoms with Crippen LogP contribution in [0.5, 0.6) is 0 Å². The maximum atomic E-state index is 12.6. The van der Waals surface area contributed by atoms with Crippen molar-refractivity contribution in [3.8, 4) is 0 Å². The predicted octanol–water partition coefficient (Wildman–Crippen LogP) is 2.30. The summed E-state index contributed by atoms with van der Waals surface area (Å²) in [6.45, 7) is 9.90. The lowest BCUT2D eigenvalue weighted by atomic mass is 9.91. The lowest BCUT2D eigenvalue weighted by Crippen LogP contribution is -2.47. The molecule has 1 aromatic rings. The van der Waals surface area contributed by atoms with E-state index in [-0.39, 0.29) is 30.3 Å². The van der Waals surface area contributed by atoms with Gasteiger partial charge in [0.15, 0.2) is 11.5 Å². The highest BCUT2D eigenvalue weighted by Crippen LogP contribution is 2.24. The van der Waals surface area contributed by atoms with Gasteiger partial charge in [-0.15, -0.1) is 5.10 Å². The van der Waals surface area contributed by atoms with Crippen LogP contribution in [-0.2, 0) is 11.3 Å². The summed E-state index contributed by atoms with van der Waals surface area (Å²) in [7, 11) is 0. The van der Waals surface area contributed by atoms with Crippen LogP contribution in [0.25, 0.3) is 0 Å². The number of nitrogens with zero attached hydrogens (tertiary/aromatic N) is 4. The number of ketones is 1. The summed E-state index contributed by atoms with van der Waals surface area (Å²) in [6.07, 6.45) is 4.78. The van der Waals surface area contributed by atoms with Gasteiger partial charge in [0.1, 0.15) is 6.54 Å². The summed E-state index contributed by atoms with van der Waals surface area (Å²) in [4.78, 5) is 26.6. The number of hydrogen-bond donors (Lipinski definition) is 0. The smallest absolute Gasteiger partial charge is 0.276 e. The minimum atomic E-state index is -0.425. The number of amides is 1. The van der Waals surface area contributed by atoms with E-state index in [1.54, 1.807) is 6.20 Å². The van der Waals surface area contributed by atoms with Crippen molar-refractivity contribution in [3.63, 3.8) is 0 Å². The maximum Gasteiger partial charge on any atom is 0.276 e. The molecule has 0 spiro atoms. The summed E-state index contributed by atoms with van der Waals surface area (Å²) in [5, 5.41) is 7.90. The van der Waals surface area contributed by atoms with Crippen molar-refractivity contribution < 1.29 is 9.59 Å². The van der Waals surface area contributed by atoms with E-state index < -0.39 is 5.41 Å². The van der Waals surface area contributed by atoms with Crippen LogP contribution >= 0.6 is 0 Å². The Kier molecular flexibility index (Phi) is 4.68. The highest BCUT2D eigenvalue weighted by Gasteiger charge is 2.31. The molecule has 0 radical (unpaired) electrons. The molecule has 0 saturated carbocycles. The SMILES string of the molecule is CC1CCCC(C)N1C(=O)c1cn(CC(=O)C(C)(C)C)nn1. The van der Waals surface area contributed by atoms with Gasteiger partial charge in [0.25, 0.3) is 5.91 Å². The zero-order chi connectivity index (χ0) is 16.5. The van der Waals surface area contributed by atoms with Crippen molar-refractivity contribution in [2.75, 3.05) is 0 Å². The number of piperidine rings is 1. The average molecular weight is 306 g/mol. The van der Waals surface area contributed by atoms with Crippen LogP contribution in [0.3, 0.4) is 0 Å². The van der Waals surface area contributed by atoms with Crippen LogP contribution in [0.4, 0.5) is 0 Å². The van der Waals surface area contributed by atoms with Gasteiger partial charge >= 0.3 is 0 Å². The number of hydrogen-bond acceptors (Lipinski definition) is 4. The van der Waals surface area contributed by atoms with Crippen molar-refractivity contribution >= 4 is 11.7 Å². The fourth-order valence-electron chi connectivity index (χ4n) is 2.81. The first kappa shape index (κ1) is 16.6. The van der Waals surface area contributed by atoms with Crippen molar-refractivity contribution in [1.29, 1.82) is 0 Å². The number of aromatic nitrogens is 3. The second-order valence-electron chi connectivity index (χ2n) is 7.32. The first-order chi connectivity index (χ1) is 10.2. The van der Waals surface area contributed by atoms with Gasteiger partial charge in [-0.25, -0.2) is 4.68 Å². The van der Waals surface area contributed by atoms with Gasteiger partial charge in [0.2, 0.25) is 0 Å². The molecule has 2 unspecified atom stereocenters. The van der Waals surface area contributed by atoms with E-state index in [0.29, 0.717) is 5.69 Å². The molecular formula is C16H26N4O2. The van der Waals surface area contributed by atoms with Gasteiger partial charge in [-0.05, 0) is 33.1 Å². The molecule has 1 saturated heterocycles. The minimum Gasteiger partial charge on any atom is -0.332 e. The lowest BCUT2D eigenvalue weighted by molar-refractivity contribution is -0.127. The molecule has 6 nitrogen and oxygen atoms in total. The maximum absolute atomic E-state index is 12.6. The van der Waals surface area contributed by atoms with Gasteiger partial charge in [0.05, 0.1) is 6.20 Å². The largest absolute Gasteiger partial charge is 0.332 e. The number of Topliss-reactive ketones (excluding diaryl/α,β-unsaturated/α-hetero) is 1. The summed E-state index contributed by atoms with van der Waals surface area (Å²) >= 11 is 0. The molecule has 1 amide bonds. The zero-order valence-corrected chi connectivity index (χ0v) is 14.2. The summed E-state index contributed by atoms with van der Waals surface area (Å²) in [5.41, 5.74) is -0.103. The molecule has 0 aromatic carbocycles. The average Bonchev–Trinajstić information content (AvgIpc) is 2.85. The quantitative estimate of drug-likeness (QED) is 0.859. The molecule has 2 rings (SSSR count). The molecule has 0 N–H and O–H groups in total. The molecule has 6 heteroatoms. The molecule has 0 bridgehead atoms. The van der Waals surface area contributed by atoms with Crippen LogP contribution in [0, 0.1) is 5.41 Å². The Morgan fingerprint density at radius 3 is 2.36 bits per heavy atom. The van der Waals surface area contributed by atoms with Gasteiger partial charge < -0.3 is 4.90 Å². The highest BCUT2D eigenvalue weighted by atomic mass is 16.2. The van der Waals surface area contributed by atoms with Gasteiger partial charge in [-0.2, -0.15) is 0 Å². The Morgan fingerprint density at radius 1 is 1.23 bits per heavy atom. The third-order valence-electron chi connectivity index (χ3n) is 4.33. The molecule has 22 heavy (non-hydrogen) atoms. The van der Waals surface area contributed by atoms with Gasteiger partial charge in [-0.1, -0.05) is 26.0 Å². The zero-order valence-electron chi connectivity index (χ0n) is 14.2. The van der Waals surface area contributed by atoms with Gasteiger partial charge in [-0.3, -0.25) is 9.59 Å². The predicted molar refractivity (Wildman–Crippen MR) is 83.4 cm³/mol. The number of likely N-dealkylation sites (tertiary alicyclic amines) is 1. The topological polar surface area (TPSA) is 68.1 Å². The molecule has 2 heterocycles. The van der Waals surface area contributed by atoms with Crippen molar-refractivity contribution in [2.24, 2.45) is 5.41 Å². The van der Waals surface area contributed by atoms with E-state index in [9.17, 15) is 9.59 Å². The standard InChI is InChI=1S/C16H26N4O2/c1-11-7-6-8-12(2)20(11)15(22)13-9-19(18-17-13)10-14(21)16(3,4)5/h9,11-12H,6-8,10H2,1-5H3. The molecule has 1 aromatic heterocycles. The molecule has 1 aliphatic rings. The lowest BCUT2D eigenvalue weighted by Gasteiger charge is -2.38. The fourth-order valence-corrected chi connectivity index (χ4v) is 2.81. The summed E-state index contributed by atoms with van der Waals surface area (Å²) < 4.78 is 1.46. The van der Waals surface area contributed by atoms with Crippen molar-refractivity contribution in [1.82, 2.24) is 19.9 Å². The van der Waals surface area contributed by atoms with Crippen molar-refractivity contribution in [3.05, 3.63) is 11.9 Å². The summed E-state index contributed by atoms with van der Waals surface area (Å²) in [5.74, 6) is -0.0229. The van der Waals surface area contributed by atoms with Crippen LogP contribution in [0.2, 0.25) is 0 Å². The second kappa shape index (κ2) is 6.18. The molecule has 1 aliphatic heterocycles. The Hall–Kier alpha value is -1.72. The Morgan fingerprint density at radius 2 is 1.82 bits per heavy atom. The number of carbonyl (C=O) groups excluding carboxylic acids is 2. The molecule has 2 atom stereocenters. The van der Waals surface area contributed by atoms with E-state index >= 15 is 0 Å². The Balaban J connectivity index is 2.10. The molecule has 122 valence electrons. The van der Waals surface area contributed by atoms with Crippen LogP contribution in [0.1, 0.15) is 64.4 Å². The number of rotatable bonds is 3. The first-order valence-corrected chi connectivity index (χ1v) is 7.96. The molecule has 1 fully saturated rings. The third kappa shape index (κ3) is 3.54. The Labute approximate surface area is 131 Å². The molecular weight excluding hydrogens is 280 g/mol. The summed E-state index contributed by atoms with van der Waals surface area (Å²) in [6, 6.07) is 0.440. The van der Waals surface area contributed by atoms with Crippen LogP contribution < -0.4 is 0 Å². The first-order valence-electron chi connectivity index (χ1n) is 7.96. The van der Waals surface area contributed by atoms with Crippen LogP contribution in [-0.4, -0.2) is 43.7 Å². The van der Waals surface area contributed by atoms with E-state index in [0.717, 1.165) is 19.3 Å². The van der Waals surface area contributed by atoms with Gasteiger partial charge in [0, 0.05) is 17.5 Å². The van der Waals surface area contributed by atoms with E-state index in [4.69, 9.17) is 0 Å². The monoisotopic (exact) mass is 306 g/mol. The fraction of sp³-hybridized carbons (Fsp3) is 0.750. The van der Waals surface area contributed by atoms with E-state index in [1.807, 2.05) is 25.7 Å². The molecule has 0 aliphatic carbocycles. The van der Waals surface area contributed by atoms with E-state index in [2.05, 4.69) is 24.2 Å². The van der Waals surface area contributed by atoms with Crippen molar-refractivity contribution in [2.45, 2.75) is 72.5 Å². The minimum absolute atomic E-state index is 0.0658. The third-order valence-corrected chi connectivity index (χ3v) is 4.33. The van der Waals surface area contributed by atoms with E-state index in [1.165, 1.54) is 4.68 Å². The number of carbonyl (C=O) groups is 2. The Bertz CT molecular complexity index is 549. The normalized spacial score (nSPS) is 22.7. The highest BCUT2D eigenvalue weighted by molar-refractivity contribution is 5.92.